The summed E-state index contributed by atoms with van der Waals surface area (Å²) >= 11 is 0. The van der Waals surface area contributed by atoms with Crippen molar-refractivity contribution in [3.63, 3.8) is 0 Å². The quantitative estimate of drug-likeness (QED) is 0.885. The minimum Gasteiger partial charge on any atom is -0.378 e. The summed E-state index contributed by atoms with van der Waals surface area (Å²) in [5.74, 6) is -0.411. The first kappa shape index (κ1) is 17.9. The minimum absolute atomic E-state index is 0.0957. The van der Waals surface area contributed by atoms with Crippen molar-refractivity contribution in [2.24, 2.45) is 0 Å². The van der Waals surface area contributed by atoms with E-state index in [1.54, 1.807) is 12.1 Å². The highest BCUT2D eigenvalue weighted by Gasteiger charge is 2.16. The second-order valence-corrected chi connectivity index (χ2v) is 6.19. The molecular weight excluding hydrogens is 305 g/mol. The molecule has 1 amide bonds. The van der Waals surface area contributed by atoms with Crippen molar-refractivity contribution < 1.29 is 9.18 Å². The lowest BCUT2D eigenvalue weighted by molar-refractivity contribution is 0.0942. The Morgan fingerprint density at radius 1 is 1.08 bits per heavy atom. The Morgan fingerprint density at radius 3 is 2.42 bits per heavy atom. The van der Waals surface area contributed by atoms with Gasteiger partial charge in [-0.3, -0.25) is 4.79 Å². The molecule has 2 aromatic carbocycles. The van der Waals surface area contributed by atoms with E-state index in [0.29, 0.717) is 12.1 Å². The van der Waals surface area contributed by atoms with Crippen LogP contribution in [0.25, 0.3) is 0 Å². The van der Waals surface area contributed by atoms with Gasteiger partial charge in [0.15, 0.2) is 0 Å². The average molecular weight is 329 g/mol. The number of halogens is 1. The van der Waals surface area contributed by atoms with Crippen molar-refractivity contribution >= 4 is 11.6 Å². The molecule has 0 radical (unpaired) electrons. The molecule has 24 heavy (non-hydrogen) atoms. The van der Waals surface area contributed by atoms with E-state index in [0.717, 1.165) is 11.3 Å². The maximum absolute atomic E-state index is 13.5. The number of hydrogen-bond donors (Lipinski definition) is 1. The third-order valence-electron chi connectivity index (χ3n) is 3.94. The van der Waals surface area contributed by atoms with Crippen LogP contribution in [0.4, 0.5) is 10.1 Å². The second kappa shape index (κ2) is 7.93. The highest BCUT2D eigenvalue weighted by molar-refractivity contribution is 5.95. The molecule has 0 aliphatic heterocycles. The van der Waals surface area contributed by atoms with Crippen LogP contribution in [0.2, 0.25) is 0 Å². The number of carbonyl (C=O) groups is 1. The van der Waals surface area contributed by atoms with Crippen molar-refractivity contribution in [1.82, 2.24) is 10.2 Å². The van der Waals surface area contributed by atoms with Crippen LogP contribution in [0, 0.1) is 5.82 Å². The maximum atomic E-state index is 13.5. The van der Waals surface area contributed by atoms with E-state index < -0.39 is 0 Å². The topological polar surface area (TPSA) is 35.6 Å². The molecule has 0 saturated heterocycles. The van der Waals surface area contributed by atoms with Gasteiger partial charge in [-0.1, -0.05) is 18.2 Å². The Labute approximate surface area is 142 Å². The monoisotopic (exact) mass is 329 g/mol. The molecule has 4 nitrogen and oxygen atoms in total. The zero-order chi connectivity index (χ0) is 17.7. The standard InChI is InChI=1S/C19H24FN3O/c1-22(2)17-10-6-8-15(12-17)19(24)21-13-18(23(3)4)14-7-5-9-16(20)11-14/h5-12,18H,13H2,1-4H3,(H,21,24). The van der Waals surface area contributed by atoms with Crippen molar-refractivity contribution in [2.45, 2.75) is 6.04 Å². The fraction of sp³-hybridized carbons (Fsp3) is 0.316. The van der Waals surface area contributed by atoms with E-state index in [1.165, 1.54) is 12.1 Å². The molecule has 0 aromatic heterocycles. The third kappa shape index (κ3) is 4.55. The van der Waals surface area contributed by atoms with Crippen LogP contribution in [0.15, 0.2) is 48.5 Å². The molecule has 2 aromatic rings. The number of amides is 1. The van der Waals surface area contributed by atoms with Crippen LogP contribution >= 0.6 is 0 Å². The number of nitrogens with one attached hydrogen (secondary N) is 1. The van der Waals surface area contributed by atoms with Gasteiger partial charge in [-0.05, 0) is 50.0 Å². The van der Waals surface area contributed by atoms with Crippen LogP contribution in [-0.2, 0) is 0 Å². The van der Waals surface area contributed by atoms with Gasteiger partial charge in [0, 0.05) is 31.9 Å². The molecule has 0 spiro atoms. The van der Waals surface area contributed by atoms with E-state index in [4.69, 9.17) is 0 Å². The summed E-state index contributed by atoms with van der Waals surface area (Å²) in [6, 6.07) is 13.8. The summed E-state index contributed by atoms with van der Waals surface area (Å²) in [4.78, 5) is 16.3. The van der Waals surface area contributed by atoms with E-state index in [2.05, 4.69) is 5.32 Å². The third-order valence-corrected chi connectivity index (χ3v) is 3.94. The van der Waals surface area contributed by atoms with Gasteiger partial charge < -0.3 is 15.1 Å². The smallest absolute Gasteiger partial charge is 0.251 e. The van der Waals surface area contributed by atoms with E-state index in [-0.39, 0.29) is 17.8 Å². The molecule has 0 saturated carbocycles. The molecule has 1 unspecified atom stereocenters. The van der Waals surface area contributed by atoms with Gasteiger partial charge in [0.05, 0.1) is 6.04 Å². The predicted octanol–water partition coefficient (Wildman–Crippen LogP) is 2.92. The summed E-state index contributed by atoms with van der Waals surface area (Å²) < 4.78 is 13.5. The van der Waals surface area contributed by atoms with Gasteiger partial charge in [0.2, 0.25) is 0 Å². The number of anilines is 1. The summed E-state index contributed by atoms with van der Waals surface area (Å²) in [6.45, 7) is 0.404. The molecule has 0 fully saturated rings. The lowest BCUT2D eigenvalue weighted by Gasteiger charge is -2.25. The Bertz CT molecular complexity index is 701. The van der Waals surface area contributed by atoms with Crippen molar-refractivity contribution in [3.05, 3.63) is 65.5 Å². The van der Waals surface area contributed by atoms with E-state index >= 15 is 0 Å². The van der Waals surface area contributed by atoms with Gasteiger partial charge in [0.25, 0.3) is 5.91 Å². The zero-order valence-electron chi connectivity index (χ0n) is 14.6. The van der Waals surface area contributed by atoms with Crippen molar-refractivity contribution in [2.75, 3.05) is 39.6 Å². The predicted molar refractivity (Wildman–Crippen MR) is 95.9 cm³/mol. The lowest BCUT2D eigenvalue weighted by atomic mass is 10.1. The normalized spacial score (nSPS) is 12.1. The average Bonchev–Trinajstić information content (AvgIpc) is 2.54. The second-order valence-electron chi connectivity index (χ2n) is 6.19. The van der Waals surface area contributed by atoms with Crippen LogP contribution in [0.3, 0.4) is 0 Å². The Kier molecular flexibility index (Phi) is 5.93. The fourth-order valence-electron chi connectivity index (χ4n) is 2.53. The number of rotatable bonds is 6. The fourth-order valence-corrected chi connectivity index (χ4v) is 2.53. The van der Waals surface area contributed by atoms with Crippen LogP contribution < -0.4 is 10.2 Å². The molecule has 0 aliphatic carbocycles. The molecule has 1 N–H and O–H groups in total. The van der Waals surface area contributed by atoms with Gasteiger partial charge in [-0.25, -0.2) is 4.39 Å². The first-order valence-electron chi connectivity index (χ1n) is 7.86. The highest BCUT2D eigenvalue weighted by atomic mass is 19.1. The summed E-state index contributed by atoms with van der Waals surface area (Å²) in [6.07, 6.45) is 0. The summed E-state index contributed by atoms with van der Waals surface area (Å²) in [5, 5.41) is 2.94. The first-order valence-corrected chi connectivity index (χ1v) is 7.86. The molecule has 128 valence electrons. The number of hydrogen-bond acceptors (Lipinski definition) is 3. The zero-order valence-corrected chi connectivity index (χ0v) is 14.6. The van der Waals surface area contributed by atoms with Crippen molar-refractivity contribution in [3.8, 4) is 0 Å². The van der Waals surface area contributed by atoms with Gasteiger partial charge >= 0.3 is 0 Å². The molecule has 0 bridgehead atoms. The van der Waals surface area contributed by atoms with Gasteiger partial charge in [-0.2, -0.15) is 0 Å². The van der Waals surface area contributed by atoms with Crippen LogP contribution in [0.5, 0.6) is 0 Å². The number of likely N-dealkylation sites (N-methyl/N-ethyl adjacent to an activating group) is 1. The van der Waals surface area contributed by atoms with Crippen LogP contribution in [-0.4, -0.2) is 45.5 Å². The molecule has 0 aliphatic rings. The largest absolute Gasteiger partial charge is 0.378 e. The Hall–Kier alpha value is -2.40. The lowest BCUT2D eigenvalue weighted by Crippen LogP contribution is -2.34. The summed E-state index contributed by atoms with van der Waals surface area (Å²) in [5.41, 5.74) is 2.41. The molecular formula is C19H24FN3O. The first-order chi connectivity index (χ1) is 11.4. The maximum Gasteiger partial charge on any atom is 0.251 e. The number of nitrogens with zero attached hydrogens (tertiary/aromatic N) is 2. The molecule has 2 rings (SSSR count). The SMILES string of the molecule is CN(C)c1cccc(C(=O)NCC(c2cccc(F)c2)N(C)C)c1. The molecule has 5 heteroatoms. The minimum atomic E-state index is -0.274. The van der Waals surface area contributed by atoms with E-state index in [9.17, 15) is 9.18 Å². The molecule has 1 atom stereocenters. The van der Waals surface area contributed by atoms with Gasteiger partial charge in [0.1, 0.15) is 5.82 Å². The summed E-state index contributed by atoms with van der Waals surface area (Å²) in [7, 11) is 7.69. The number of benzene rings is 2. The number of carbonyl (C=O) groups excluding carboxylic acids is 1. The Morgan fingerprint density at radius 2 is 1.79 bits per heavy atom. The Balaban J connectivity index is 2.09. The van der Waals surface area contributed by atoms with E-state index in [1.807, 2.05) is 62.3 Å². The van der Waals surface area contributed by atoms with Crippen LogP contribution in [0.1, 0.15) is 22.0 Å². The van der Waals surface area contributed by atoms with Crippen molar-refractivity contribution in [1.29, 1.82) is 0 Å². The highest BCUT2D eigenvalue weighted by Crippen LogP contribution is 2.19. The molecule has 0 heterocycles. The van der Waals surface area contributed by atoms with Gasteiger partial charge in [-0.15, -0.1) is 0 Å².